The first-order valence-electron chi connectivity index (χ1n) is 5.47. The van der Waals surface area contributed by atoms with Gasteiger partial charge < -0.3 is 20.0 Å². The highest BCUT2D eigenvalue weighted by Crippen LogP contribution is 2.09. The number of hydrogen-bond acceptors (Lipinski definition) is 6. The summed E-state index contributed by atoms with van der Waals surface area (Å²) in [4.78, 5) is 26.0. The van der Waals surface area contributed by atoms with Gasteiger partial charge in [-0.2, -0.15) is 0 Å². The summed E-state index contributed by atoms with van der Waals surface area (Å²) in [5.41, 5.74) is 0.989. The van der Waals surface area contributed by atoms with Gasteiger partial charge in [-0.3, -0.25) is 0 Å². The number of aliphatic hydroxyl groups is 1. The molecule has 1 rings (SSSR count). The number of esters is 1. The van der Waals surface area contributed by atoms with Gasteiger partial charge in [-0.25, -0.2) is 9.78 Å². The number of pyridine rings is 1. The Bertz CT molecular complexity index is 405. The summed E-state index contributed by atoms with van der Waals surface area (Å²) in [5, 5.41) is 12.1. The number of aliphatic hydroxyl groups excluding tert-OH is 1. The van der Waals surface area contributed by atoms with Gasteiger partial charge in [0.15, 0.2) is 0 Å². The number of rotatable bonds is 6. The van der Waals surface area contributed by atoms with E-state index in [1.54, 1.807) is 12.3 Å². The molecule has 0 bridgehead atoms. The highest BCUT2D eigenvalue weighted by molar-refractivity contribution is 5.79. The molecular formula is C12H16N2O4. The largest absolute Gasteiger partial charge is 0.467 e. The smallest absolute Gasteiger partial charge is 0.328 e. The highest BCUT2D eigenvalue weighted by Gasteiger charge is 2.22. The minimum atomic E-state index is -1.22. The van der Waals surface area contributed by atoms with Gasteiger partial charge in [-0.15, -0.1) is 0 Å². The maximum atomic E-state index is 11.5. The van der Waals surface area contributed by atoms with Crippen LogP contribution in [0.4, 0.5) is 5.82 Å². The Labute approximate surface area is 105 Å². The van der Waals surface area contributed by atoms with E-state index in [2.05, 4.69) is 15.0 Å². The van der Waals surface area contributed by atoms with Crippen LogP contribution in [0.1, 0.15) is 12.0 Å². The Hall–Kier alpha value is -1.95. The van der Waals surface area contributed by atoms with Crippen LogP contribution >= 0.6 is 0 Å². The summed E-state index contributed by atoms with van der Waals surface area (Å²) < 4.78 is 4.60. The van der Waals surface area contributed by atoms with Gasteiger partial charge >= 0.3 is 5.97 Å². The molecule has 18 heavy (non-hydrogen) atoms. The summed E-state index contributed by atoms with van der Waals surface area (Å²) in [6.45, 7) is 1.89. The SMILES string of the molecule is COC(=O)C(CC(O)C=O)Nc1ccc(C)cn1. The molecule has 0 fully saturated rings. The molecule has 0 aliphatic carbocycles. The van der Waals surface area contributed by atoms with E-state index in [4.69, 9.17) is 0 Å². The average Bonchev–Trinajstić information content (AvgIpc) is 2.39. The van der Waals surface area contributed by atoms with Crippen molar-refractivity contribution in [2.75, 3.05) is 12.4 Å². The molecule has 0 amide bonds. The first-order valence-corrected chi connectivity index (χ1v) is 5.47. The van der Waals surface area contributed by atoms with Crippen molar-refractivity contribution in [2.24, 2.45) is 0 Å². The number of carbonyl (C=O) groups excluding carboxylic acids is 2. The molecule has 1 heterocycles. The van der Waals surface area contributed by atoms with Gasteiger partial charge in [-0.05, 0) is 18.6 Å². The summed E-state index contributed by atoms with van der Waals surface area (Å²) in [7, 11) is 1.24. The van der Waals surface area contributed by atoms with Crippen LogP contribution in [-0.4, -0.2) is 41.6 Å². The van der Waals surface area contributed by atoms with Gasteiger partial charge in [0.25, 0.3) is 0 Å². The van der Waals surface area contributed by atoms with Gasteiger partial charge in [-0.1, -0.05) is 6.07 Å². The number of aromatic nitrogens is 1. The van der Waals surface area contributed by atoms with Crippen molar-refractivity contribution in [3.05, 3.63) is 23.9 Å². The third-order valence-electron chi connectivity index (χ3n) is 2.35. The van der Waals surface area contributed by atoms with Crippen LogP contribution in [0.3, 0.4) is 0 Å². The summed E-state index contributed by atoms with van der Waals surface area (Å²) in [6, 6.07) is 2.73. The maximum Gasteiger partial charge on any atom is 0.328 e. The minimum Gasteiger partial charge on any atom is -0.467 e. The maximum absolute atomic E-state index is 11.5. The Morgan fingerprint density at radius 2 is 2.33 bits per heavy atom. The molecule has 2 atom stereocenters. The zero-order valence-corrected chi connectivity index (χ0v) is 10.3. The van der Waals surface area contributed by atoms with Crippen LogP contribution in [0.15, 0.2) is 18.3 Å². The van der Waals surface area contributed by atoms with E-state index in [1.165, 1.54) is 7.11 Å². The second-order valence-corrected chi connectivity index (χ2v) is 3.88. The lowest BCUT2D eigenvalue weighted by Gasteiger charge is -2.17. The third-order valence-corrected chi connectivity index (χ3v) is 2.35. The average molecular weight is 252 g/mol. The lowest BCUT2D eigenvalue weighted by Crippen LogP contribution is -2.35. The van der Waals surface area contributed by atoms with E-state index in [1.807, 2.05) is 13.0 Å². The quantitative estimate of drug-likeness (QED) is 0.559. The topological polar surface area (TPSA) is 88.5 Å². The summed E-state index contributed by atoms with van der Waals surface area (Å²) >= 11 is 0. The normalized spacial score (nSPS) is 13.5. The molecule has 6 heteroatoms. The number of carbonyl (C=O) groups is 2. The van der Waals surface area contributed by atoms with E-state index in [-0.39, 0.29) is 6.42 Å². The molecule has 1 aromatic heterocycles. The van der Waals surface area contributed by atoms with Crippen molar-refractivity contribution in [3.63, 3.8) is 0 Å². The molecule has 0 radical (unpaired) electrons. The minimum absolute atomic E-state index is 0.0638. The third kappa shape index (κ3) is 4.14. The zero-order chi connectivity index (χ0) is 13.5. The predicted octanol–water partition coefficient (Wildman–Crippen LogP) is 0.293. The zero-order valence-electron chi connectivity index (χ0n) is 10.3. The van der Waals surface area contributed by atoms with Crippen molar-refractivity contribution in [1.82, 2.24) is 4.98 Å². The van der Waals surface area contributed by atoms with E-state index in [0.717, 1.165) is 5.56 Å². The molecule has 0 aromatic carbocycles. The van der Waals surface area contributed by atoms with Crippen LogP contribution in [0.2, 0.25) is 0 Å². The molecule has 1 aromatic rings. The number of aldehydes is 1. The molecule has 98 valence electrons. The predicted molar refractivity (Wildman–Crippen MR) is 65.1 cm³/mol. The van der Waals surface area contributed by atoms with Crippen LogP contribution < -0.4 is 5.32 Å². The number of nitrogens with zero attached hydrogens (tertiary/aromatic N) is 1. The molecule has 0 aliphatic rings. The van der Waals surface area contributed by atoms with Gasteiger partial charge in [0.1, 0.15) is 24.2 Å². The van der Waals surface area contributed by atoms with Crippen LogP contribution in [-0.2, 0) is 14.3 Å². The Morgan fingerprint density at radius 3 is 2.83 bits per heavy atom. The van der Waals surface area contributed by atoms with E-state index < -0.39 is 18.1 Å². The standard InChI is InChI=1S/C12H16N2O4/c1-8-3-4-11(13-6-8)14-10(12(17)18-2)5-9(16)7-15/h3-4,6-7,9-10,16H,5H2,1-2H3,(H,13,14). The first kappa shape index (κ1) is 14.1. The van der Waals surface area contributed by atoms with Gasteiger partial charge in [0.2, 0.25) is 0 Å². The summed E-state index contributed by atoms with van der Waals surface area (Å²) in [5.74, 6) is -0.0765. The molecule has 2 N–H and O–H groups in total. The summed E-state index contributed by atoms with van der Waals surface area (Å²) in [6.07, 6.45) is 0.741. The first-order chi connectivity index (χ1) is 8.56. The number of anilines is 1. The van der Waals surface area contributed by atoms with Crippen molar-refractivity contribution >= 4 is 18.1 Å². The Morgan fingerprint density at radius 1 is 1.61 bits per heavy atom. The molecule has 0 saturated carbocycles. The molecule has 6 nitrogen and oxygen atoms in total. The number of nitrogens with one attached hydrogen (secondary N) is 1. The number of aryl methyl sites for hydroxylation is 1. The lowest BCUT2D eigenvalue weighted by atomic mass is 10.1. The van der Waals surface area contributed by atoms with Crippen molar-refractivity contribution < 1.29 is 19.4 Å². The van der Waals surface area contributed by atoms with Crippen LogP contribution in [0.25, 0.3) is 0 Å². The fraction of sp³-hybridized carbons (Fsp3) is 0.417. The van der Waals surface area contributed by atoms with Gasteiger partial charge in [0, 0.05) is 12.6 Å². The Balaban J connectivity index is 2.74. The van der Waals surface area contributed by atoms with Crippen molar-refractivity contribution in [2.45, 2.75) is 25.5 Å². The second kappa shape index (κ2) is 6.70. The van der Waals surface area contributed by atoms with Crippen LogP contribution in [0, 0.1) is 6.92 Å². The Kier molecular flexibility index (Phi) is 5.26. The number of hydrogen-bond donors (Lipinski definition) is 2. The fourth-order valence-corrected chi connectivity index (χ4v) is 1.39. The van der Waals surface area contributed by atoms with E-state index in [0.29, 0.717) is 12.1 Å². The molecular weight excluding hydrogens is 236 g/mol. The molecule has 0 saturated heterocycles. The highest BCUT2D eigenvalue weighted by atomic mass is 16.5. The van der Waals surface area contributed by atoms with E-state index in [9.17, 15) is 14.7 Å². The van der Waals surface area contributed by atoms with Crippen molar-refractivity contribution in [1.29, 1.82) is 0 Å². The fourth-order valence-electron chi connectivity index (χ4n) is 1.39. The van der Waals surface area contributed by atoms with Crippen molar-refractivity contribution in [3.8, 4) is 0 Å². The molecule has 0 spiro atoms. The lowest BCUT2D eigenvalue weighted by molar-refractivity contribution is -0.142. The van der Waals surface area contributed by atoms with Gasteiger partial charge in [0.05, 0.1) is 7.11 Å². The van der Waals surface area contributed by atoms with Crippen LogP contribution in [0.5, 0.6) is 0 Å². The second-order valence-electron chi connectivity index (χ2n) is 3.88. The number of ether oxygens (including phenoxy) is 1. The number of methoxy groups -OCH3 is 1. The van der Waals surface area contributed by atoms with E-state index >= 15 is 0 Å². The monoisotopic (exact) mass is 252 g/mol. The molecule has 2 unspecified atom stereocenters. The molecule has 0 aliphatic heterocycles.